The van der Waals surface area contributed by atoms with Crippen molar-refractivity contribution >= 4 is 41.9 Å². The number of amides is 1. The Bertz CT molecular complexity index is 719. The first-order valence-corrected chi connectivity index (χ1v) is 8.61. The normalized spacial score (nSPS) is 19.0. The van der Waals surface area contributed by atoms with Crippen LogP contribution < -0.4 is 5.32 Å². The average Bonchev–Trinajstić information content (AvgIpc) is 2.53. The lowest BCUT2D eigenvalue weighted by Gasteiger charge is -2.39. The molecule has 0 bridgehead atoms. The van der Waals surface area contributed by atoms with Gasteiger partial charge in [0.1, 0.15) is 6.61 Å². The number of carbonyl (C=O) groups excluding carboxylic acids is 1. The van der Waals surface area contributed by atoms with Gasteiger partial charge in [-0.05, 0) is 35.9 Å². The zero-order valence-electron chi connectivity index (χ0n) is 13.4. The highest BCUT2D eigenvalue weighted by Gasteiger charge is 2.38. The van der Waals surface area contributed by atoms with Crippen LogP contribution >= 0.6 is 35.8 Å². The molecule has 2 aromatic rings. The molecule has 2 aromatic carbocycles. The number of carbonyl (C=O) groups is 1. The van der Waals surface area contributed by atoms with E-state index in [9.17, 15) is 4.79 Å². The van der Waals surface area contributed by atoms with E-state index in [1.807, 2.05) is 36.4 Å². The van der Waals surface area contributed by atoms with Crippen molar-refractivity contribution in [2.24, 2.45) is 5.41 Å². The molecule has 1 saturated heterocycles. The van der Waals surface area contributed by atoms with Crippen LogP contribution in [0.1, 0.15) is 25.5 Å². The van der Waals surface area contributed by atoms with Crippen LogP contribution in [0.2, 0.25) is 5.02 Å². The summed E-state index contributed by atoms with van der Waals surface area (Å²) in [7, 11) is 0. The first kappa shape index (κ1) is 19.0. The fourth-order valence-corrected chi connectivity index (χ4v) is 3.73. The van der Waals surface area contributed by atoms with Gasteiger partial charge in [0, 0.05) is 20.2 Å². The van der Waals surface area contributed by atoms with Gasteiger partial charge in [0.15, 0.2) is 0 Å². The van der Waals surface area contributed by atoms with E-state index in [0.717, 1.165) is 20.4 Å². The molecule has 0 aromatic heterocycles. The van der Waals surface area contributed by atoms with Gasteiger partial charge in [-0.3, -0.25) is 0 Å². The quantitative estimate of drug-likeness (QED) is 0.736. The summed E-state index contributed by atoms with van der Waals surface area (Å²) < 4.78 is 5.14. The maximum Gasteiger partial charge on any atom is 0.407 e. The Kier molecular flexibility index (Phi) is 6.07. The van der Waals surface area contributed by atoms with Crippen LogP contribution in [0.25, 0.3) is 0 Å². The molecule has 0 aliphatic carbocycles. The first-order valence-electron chi connectivity index (χ1n) is 7.41. The Balaban J connectivity index is 0.00000208. The molecule has 1 atom stereocenters. The number of ether oxygens (including phenoxy) is 1. The third kappa shape index (κ3) is 4.18. The molecule has 1 aliphatic heterocycles. The molecule has 1 heterocycles. The molecule has 128 valence electrons. The molecule has 1 fully saturated rings. The number of alkyl carbamates (subject to hydrolysis) is 1. The van der Waals surface area contributed by atoms with E-state index in [1.54, 1.807) is 11.8 Å². The molecule has 6 heteroatoms. The lowest BCUT2D eigenvalue weighted by atomic mass is 9.80. The van der Waals surface area contributed by atoms with Gasteiger partial charge in [0.2, 0.25) is 0 Å². The molecule has 1 aliphatic rings. The van der Waals surface area contributed by atoms with Crippen LogP contribution in [0, 0.1) is 5.41 Å². The highest BCUT2D eigenvalue weighted by molar-refractivity contribution is 7.99. The predicted molar refractivity (Wildman–Crippen MR) is 100 cm³/mol. The van der Waals surface area contributed by atoms with E-state index < -0.39 is 0 Å². The standard InChI is InChI=1S/C18H18ClNO2S.ClH/c1-18(2)11-22-17(21)20-16(18)14-5-3-4-6-15(14)23-13-9-7-12(19)8-10-13;/h3-10,16H,11H2,1-2H3,(H,20,21);1H/t16-;/m1./s1. The van der Waals surface area contributed by atoms with E-state index in [0.29, 0.717) is 6.61 Å². The Morgan fingerprint density at radius 3 is 2.54 bits per heavy atom. The molecule has 0 radical (unpaired) electrons. The van der Waals surface area contributed by atoms with E-state index in [1.165, 1.54) is 0 Å². The zero-order valence-corrected chi connectivity index (χ0v) is 15.8. The highest BCUT2D eigenvalue weighted by atomic mass is 35.5. The molecule has 24 heavy (non-hydrogen) atoms. The van der Waals surface area contributed by atoms with Crippen LogP contribution in [0.5, 0.6) is 0 Å². The summed E-state index contributed by atoms with van der Waals surface area (Å²) in [6.07, 6.45) is -0.361. The summed E-state index contributed by atoms with van der Waals surface area (Å²) in [5, 5.41) is 3.69. The smallest absolute Gasteiger partial charge is 0.407 e. The second kappa shape index (κ2) is 7.68. The van der Waals surface area contributed by atoms with Crippen molar-refractivity contribution in [3.8, 4) is 0 Å². The van der Waals surface area contributed by atoms with E-state index in [4.69, 9.17) is 16.3 Å². The third-order valence-electron chi connectivity index (χ3n) is 3.89. The number of benzene rings is 2. The largest absolute Gasteiger partial charge is 0.449 e. The third-order valence-corrected chi connectivity index (χ3v) is 5.24. The highest BCUT2D eigenvalue weighted by Crippen LogP contribution is 2.42. The lowest BCUT2D eigenvalue weighted by Crippen LogP contribution is -2.47. The number of cyclic esters (lactones) is 1. The van der Waals surface area contributed by atoms with E-state index in [2.05, 4.69) is 31.3 Å². The minimum Gasteiger partial charge on any atom is -0.449 e. The summed E-state index contributed by atoms with van der Waals surface area (Å²) >= 11 is 7.62. The van der Waals surface area contributed by atoms with E-state index in [-0.39, 0.29) is 30.0 Å². The van der Waals surface area contributed by atoms with Crippen molar-refractivity contribution in [3.05, 3.63) is 59.1 Å². The second-order valence-electron chi connectivity index (χ2n) is 6.24. The average molecular weight is 384 g/mol. The van der Waals surface area contributed by atoms with Gasteiger partial charge in [-0.25, -0.2) is 4.79 Å². The number of halogens is 2. The molecule has 0 spiro atoms. The summed E-state index contributed by atoms with van der Waals surface area (Å²) in [4.78, 5) is 13.9. The van der Waals surface area contributed by atoms with Gasteiger partial charge in [-0.1, -0.05) is 55.4 Å². The molecule has 3 rings (SSSR count). The van der Waals surface area contributed by atoms with Gasteiger partial charge in [-0.2, -0.15) is 0 Å². The number of rotatable bonds is 3. The molecule has 0 unspecified atom stereocenters. The maximum atomic E-state index is 11.7. The van der Waals surface area contributed by atoms with Crippen LogP contribution in [0.4, 0.5) is 4.79 Å². The monoisotopic (exact) mass is 383 g/mol. The summed E-state index contributed by atoms with van der Waals surface area (Å²) in [6.45, 7) is 4.60. The van der Waals surface area contributed by atoms with E-state index >= 15 is 0 Å². The molecule has 1 amide bonds. The Hall–Kier alpha value is -1.36. The lowest BCUT2D eigenvalue weighted by molar-refractivity contribution is 0.0380. The molecule has 3 nitrogen and oxygen atoms in total. The minimum atomic E-state index is -0.361. The topological polar surface area (TPSA) is 38.3 Å². The fraction of sp³-hybridized carbons (Fsp3) is 0.278. The van der Waals surface area contributed by atoms with Crippen molar-refractivity contribution in [2.45, 2.75) is 29.7 Å². The fourth-order valence-electron chi connectivity index (χ4n) is 2.63. The SMILES string of the molecule is CC1(C)COC(=O)N[C@@H]1c1ccccc1Sc1ccc(Cl)cc1.Cl. The Labute approximate surface area is 157 Å². The van der Waals surface area contributed by atoms with Gasteiger partial charge < -0.3 is 10.1 Å². The Morgan fingerprint density at radius 1 is 1.17 bits per heavy atom. The van der Waals surface area contributed by atoms with Gasteiger partial charge in [0.05, 0.1) is 6.04 Å². The predicted octanol–water partition coefficient (Wildman–Crippen LogP) is 5.72. The number of nitrogens with one attached hydrogen (secondary N) is 1. The van der Waals surface area contributed by atoms with Crippen LogP contribution in [0.3, 0.4) is 0 Å². The second-order valence-corrected chi connectivity index (χ2v) is 7.79. The number of hydrogen-bond acceptors (Lipinski definition) is 3. The zero-order chi connectivity index (χ0) is 16.4. The van der Waals surface area contributed by atoms with Crippen LogP contribution in [-0.4, -0.2) is 12.7 Å². The molecular weight excluding hydrogens is 365 g/mol. The van der Waals surface area contributed by atoms with Gasteiger partial charge >= 0.3 is 6.09 Å². The van der Waals surface area contributed by atoms with Crippen molar-refractivity contribution in [3.63, 3.8) is 0 Å². The van der Waals surface area contributed by atoms with Crippen molar-refractivity contribution < 1.29 is 9.53 Å². The molecule has 0 saturated carbocycles. The van der Waals surface area contributed by atoms with Gasteiger partial charge in [0.25, 0.3) is 0 Å². The first-order chi connectivity index (χ1) is 11.0. The van der Waals surface area contributed by atoms with Crippen molar-refractivity contribution in [2.75, 3.05) is 6.61 Å². The number of hydrogen-bond donors (Lipinski definition) is 1. The van der Waals surface area contributed by atoms with Gasteiger partial charge in [-0.15, -0.1) is 12.4 Å². The van der Waals surface area contributed by atoms with Crippen molar-refractivity contribution in [1.29, 1.82) is 0 Å². The minimum absolute atomic E-state index is 0. The van der Waals surface area contributed by atoms with Crippen LogP contribution in [-0.2, 0) is 4.74 Å². The summed E-state index contributed by atoms with van der Waals surface area (Å²) in [6, 6.07) is 15.8. The molecular formula is C18H19Cl2NO2S. The van der Waals surface area contributed by atoms with Crippen molar-refractivity contribution in [1.82, 2.24) is 5.32 Å². The summed E-state index contributed by atoms with van der Waals surface area (Å²) in [5.41, 5.74) is 0.930. The maximum absolute atomic E-state index is 11.7. The van der Waals surface area contributed by atoms with Crippen LogP contribution in [0.15, 0.2) is 58.3 Å². The Morgan fingerprint density at radius 2 is 1.83 bits per heavy atom. The summed E-state index contributed by atoms with van der Waals surface area (Å²) in [5.74, 6) is 0. The molecule has 1 N–H and O–H groups in total.